The number of nitrogens with two attached hydrogens (primary N) is 1. The molecule has 2 aliphatic carbocycles. The summed E-state index contributed by atoms with van der Waals surface area (Å²) < 4.78 is 17.3. The number of hydrogen-bond acceptors (Lipinski definition) is 14. The molecular formula is C35H39N3O14. The third-order valence-electron chi connectivity index (χ3n) is 9.48. The molecule has 17 nitrogen and oxygen atoms in total. The Labute approximate surface area is 296 Å². The van der Waals surface area contributed by atoms with Crippen molar-refractivity contribution in [1.29, 1.82) is 0 Å². The van der Waals surface area contributed by atoms with Crippen molar-refractivity contribution in [2.75, 3.05) is 20.2 Å². The van der Waals surface area contributed by atoms with Crippen LogP contribution in [0.2, 0.25) is 0 Å². The van der Waals surface area contributed by atoms with E-state index in [4.69, 9.17) is 19.9 Å². The van der Waals surface area contributed by atoms with E-state index in [1.807, 2.05) is 0 Å². The van der Waals surface area contributed by atoms with E-state index in [0.29, 0.717) is 6.08 Å². The average molecular weight is 726 g/mol. The minimum atomic E-state index is -2.17. The van der Waals surface area contributed by atoms with Crippen molar-refractivity contribution in [3.63, 3.8) is 0 Å². The van der Waals surface area contributed by atoms with Crippen molar-refractivity contribution in [1.82, 2.24) is 10.6 Å². The zero-order chi connectivity index (χ0) is 38.2. The molecule has 2 aromatic rings. The van der Waals surface area contributed by atoms with Gasteiger partial charge >= 0.3 is 5.97 Å². The van der Waals surface area contributed by atoms with E-state index < -0.39 is 119 Å². The lowest BCUT2D eigenvalue weighted by molar-refractivity contribution is -0.249. The monoisotopic (exact) mass is 725 g/mol. The summed E-state index contributed by atoms with van der Waals surface area (Å²) in [5.41, 5.74) is 0.951. The van der Waals surface area contributed by atoms with Crippen molar-refractivity contribution in [2.45, 2.75) is 75.8 Å². The molecule has 0 spiro atoms. The van der Waals surface area contributed by atoms with Crippen LogP contribution in [0.1, 0.15) is 82.2 Å². The van der Waals surface area contributed by atoms with Crippen LogP contribution in [0.5, 0.6) is 17.2 Å². The molecule has 278 valence electrons. The minimum absolute atomic E-state index is 0.0493. The second-order valence-electron chi connectivity index (χ2n) is 12.9. The zero-order valence-corrected chi connectivity index (χ0v) is 28.4. The number of phenols is 2. The molecule has 1 saturated heterocycles. The van der Waals surface area contributed by atoms with Crippen LogP contribution in [0.3, 0.4) is 0 Å². The maximum absolute atomic E-state index is 13.9. The number of ether oxygens (including phenoxy) is 3. The third kappa shape index (κ3) is 7.00. The Kier molecular flexibility index (Phi) is 10.8. The van der Waals surface area contributed by atoms with Gasteiger partial charge in [0, 0.05) is 55.1 Å². The first-order chi connectivity index (χ1) is 24.5. The summed E-state index contributed by atoms with van der Waals surface area (Å²) >= 11 is 0. The molecular weight excluding hydrogens is 686 g/mol. The molecule has 0 radical (unpaired) electrons. The normalized spacial score (nSPS) is 25.3. The lowest BCUT2D eigenvalue weighted by Crippen LogP contribution is -2.55. The molecule has 2 amide bonds. The topological polar surface area (TPSA) is 281 Å². The van der Waals surface area contributed by atoms with Crippen molar-refractivity contribution in [2.24, 2.45) is 5.73 Å². The number of aliphatic carboxylic acids is 1. The van der Waals surface area contributed by atoms with Crippen LogP contribution in [-0.4, -0.2) is 111 Å². The quantitative estimate of drug-likeness (QED) is 0.0927. The summed E-state index contributed by atoms with van der Waals surface area (Å²) in [6.45, 7) is 2.77. The van der Waals surface area contributed by atoms with Gasteiger partial charge in [0.05, 0.1) is 54.0 Å². The molecule has 0 aromatic heterocycles. The number of methoxy groups -OCH3 is 1. The predicted molar refractivity (Wildman–Crippen MR) is 177 cm³/mol. The summed E-state index contributed by atoms with van der Waals surface area (Å²) in [4.78, 5) is 77.0. The summed E-state index contributed by atoms with van der Waals surface area (Å²) in [7, 11) is 1.29. The first-order valence-electron chi connectivity index (χ1n) is 16.3. The number of fused-ring (bicyclic) bond motifs is 3. The second kappa shape index (κ2) is 14.8. The number of carboxylic acid groups (broad SMARTS) is 1. The zero-order valence-electron chi connectivity index (χ0n) is 28.4. The number of aromatic hydroxyl groups is 2. The number of amides is 2. The molecule has 5 rings (SSSR count). The van der Waals surface area contributed by atoms with Gasteiger partial charge in [-0.2, -0.15) is 0 Å². The number of ketones is 3. The highest BCUT2D eigenvalue weighted by molar-refractivity contribution is 6.31. The SMILES string of the molecule is COc1cccc2c1C(=O)c1c(O)c3c(c(O)c1C2=O)C[C@@](O)(C(C)=O)C[C@@H]3O[C@H]1C[C@H](NC(=O)/C=C(/CC(=O)NCCN)C(=O)O)[C@H](O)[C@H](C)O1. The maximum atomic E-state index is 13.9. The number of nitrogens with one attached hydrogen (secondary N) is 2. The van der Waals surface area contributed by atoms with Crippen LogP contribution in [0.15, 0.2) is 29.8 Å². The number of aliphatic hydroxyl groups excluding tert-OH is 1. The van der Waals surface area contributed by atoms with Crippen molar-refractivity contribution in [3.8, 4) is 17.2 Å². The Hall–Kier alpha value is -5.20. The standard InChI is InChI=1S/C35H39N3O14/c1-14-29(42)19(38-23(41)10-16(34(47)48)9-22(40)37-8-7-36)11-24(51-14)52-21-13-35(49,15(2)39)12-18-26(21)33(46)28-27(31(18)44)30(43)17-5-4-6-20(50-3)25(17)32(28)45/h4-6,10,14,19,21,24,29,42,44,46,49H,7-9,11-13,36H2,1-3H3,(H,37,40)(H,38,41)(H,47,48)/b16-10-/t14-,19-,21-,24-,29+,35-/m0/s1. The molecule has 52 heavy (non-hydrogen) atoms. The van der Waals surface area contributed by atoms with Gasteiger partial charge in [-0.15, -0.1) is 0 Å². The van der Waals surface area contributed by atoms with Gasteiger partial charge in [0.2, 0.25) is 17.6 Å². The number of rotatable bonds is 11. The van der Waals surface area contributed by atoms with Crippen LogP contribution in [0.25, 0.3) is 0 Å². The highest BCUT2D eigenvalue weighted by atomic mass is 16.7. The molecule has 1 heterocycles. The molecule has 9 N–H and O–H groups in total. The number of carboxylic acids is 1. The number of carbonyl (C=O) groups excluding carboxylic acids is 5. The van der Waals surface area contributed by atoms with Crippen LogP contribution in [0, 0.1) is 0 Å². The molecule has 0 saturated carbocycles. The Balaban J connectivity index is 1.48. The average Bonchev–Trinajstić information content (AvgIpc) is 3.08. The van der Waals surface area contributed by atoms with Gasteiger partial charge < -0.3 is 56.1 Å². The largest absolute Gasteiger partial charge is 0.507 e. The summed E-state index contributed by atoms with van der Waals surface area (Å²) in [5, 5.41) is 59.9. The fourth-order valence-corrected chi connectivity index (χ4v) is 6.79. The first kappa shape index (κ1) is 38.0. The second-order valence-corrected chi connectivity index (χ2v) is 12.9. The van der Waals surface area contributed by atoms with Crippen LogP contribution in [0.4, 0.5) is 0 Å². The molecule has 1 fully saturated rings. The van der Waals surface area contributed by atoms with Gasteiger partial charge in [-0.25, -0.2) is 4.79 Å². The van der Waals surface area contributed by atoms with Crippen molar-refractivity contribution < 1.29 is 68.5 Å². The fourth-order valence-electron chi connectivity index (χ4n) is 6.79. The van der Waals surface area contributed by atoms with Crippen molar-refractivity contribution in [3.05, 3.63) is 63.2 Å². The van der Waals surface area contributed by atoms with Gasteiger partial charge in [-0.05, 0) is 19.9 Å². The molecule has 3 aliphatic rings. The van der Waals surface area contributed by atoms with E-state index in [9.17, 15) is 54.3 Å². The number of Topliss-reactive ketones (excluding diaryl/α,β-unsaturated/α-hetero) is 1. The minimum Gasteiger partial charge on any atom is -0.507 e. The highest BCUT2D eigenvalue weighted by Crippen LogP contribution is 2.52. The number of aliphatic hydroxyl groups is 2. The third-order valence-corrected chi connectivity index (χ3v) is 9.48. The Morgan fingerprint density at radius 2 is 1.79 bits per heavy atom. The van der Waals surface area contributed by atoms with Gasteiger partial charge in [0.25, 0.3) is 0 Å². The number of phenolic OH excluding ortho intramolecular Hbond substituents is 2. The number of benzene rings is 2. The lowest BCUT2D eigenvalue weighted by Gasteiger charge is -2.42. The van der Waals surface area contributed by atoms with Gasteiger partial charge in [0.15, 0.2) is 17.9 Å². The summed E-state index contributed by atoms with van der Waals surface area (Å²) in [6.07, 6.45) is -6.38. The predicted octanol–water partition coefficient (Wildman–Crippen LogP) is -0.338. The molecule has 0 unspecified atom stereocenters. The smallest absolute Gasteiger partial charge is 0.332 e. The molecule has 6 atom stereocenters. The van der Waals surface area contributed by atoms with E-state index in [-0.39, 0.29) is 47.5 Å². The summed E-state index contributed by atoms with van der Waals surface area (Å²) in [6, 6.07) is 3.16. The number of carbonyl (C=O) groups is 6. The van der Waals surface area contributed by atoms with Crippen LogP contribution in [-0.2, 0) is 35.1 Å². The molecule has 0 bridgehead atoms. The first-order valence-corrected chi connectivity index (χ1v) is 16.3. The lowest BCUT2D eigenvalue weighted by atomic mass is 9.72. The van der Waals surface area contributed by atoms with Gasteiger partial charge in [0.1, 0.15) is 29.0 Å². The molecule has 2 aromatic carbocycles. The summed E-state index contributed by atoms with van der Waals surface area (Å²) in [5.74, 6) is -6.94. The van der Waals surface area contributed by atoms with E-state index in [1.165, 1.54) is 32.2 Å². The molecule has 1 aliphatic heterocycles. The molecule has 17 heteroatoms. The van der Waals surface area contributed by atoms with Crippen LogP contribution < -0.4 is 21.1 Å². The van der Waals surface area contributed by atoms with Crippen molar-refractivity contribution >= 4 is 35.1 Å². The van der Waals surface area contributed by atoms with Gasteiger partial charge in [-0.3, -0.25) is 24.0 Å². The van der Waals surface area contributed by atoms with E-state index in [2.05, 4.69) is 10.6 Å². The highest BCUT2D eigenvalue weighted by Gasteiger charge is 2.49. The fraction of sp³-hybridized carbons (Fsp3) is 0.429. The van der Waals surface area contributed by atoms with E-state index in [1.54, 1.807) is 0 Å². The number of hydrogen-bond donors (Lipinski definition) is 8. The van der Waals surface area contributed by atoms with E-state index >= 15 is 0 Å². The Morgan fingerprint density at radius 1 is 1.10 bits per heavy atom. The Morgan fingerprint density at radius 3 is 2.42 bits per heavy atom. The van der Waals surface area contributed by atoms with Crippen LogP contribution >= 0.6 is 0 Å². The Bertz CT molecular complexity index is 1890. The maximum Gasteiger partial charge on any atom is 0.332 e. The van der Waals surface area contributed by atoms with Gasteiger partial charge in [-0.1, -0.05) is 12.1 Å². The van der Waals surface area contributed by atoms with E-state index in [0.717, 1.165) is 6.92 Å².